The minimum absolute atomic E-state index is 0.0307. The van der Waals surface area contributed by atoms with Gasteiger partial charge in [-0.05, 0) is 30.7 Å². The van der Waals surface area contributed by atoms with E-state index < -0.39 is 20.5 Å². The van der Waals surface area contributed by atoms with E-state index in [9.17, 15) is 17.2 Å². The Morgan fingerprint density at radius 3 is 2.21 bits per heavy atom. The standard InChI is InChI=1S/C12H17F2NO3S/c1-2-7-15(8-9-16)10-3-5-11(6-4-10)19(17,18)12(13)14/h3-6,12,16H,2,7-9H2,1H3. The van der Waals surface area contributed by atoms with E-state index in [0.717, 1.165) is 18.6 Å². The summed E-state index contributed by atoms with van der Waals surface area (Å²) in [6.45, 7) is 3.05. The molecule has 1 N–H and O–H groups in total. The summed E-state index contributed by atoms with van der Waals surface area (Å²) < 4.78 is 47.3. The van der Waals surface area contributed by atoms with E-state index in [0.29, 0.717) is 18.8 Å². The molecule has 1 aromatic rings. The molecule has 0 bridgehead atoms. The molecule has 4 nitrogen and oxygen atoms in total. The van der Waals surface area contributed by atoms with Crippen molar-refractivity contribution in [2.24, 2.45) is 0 Å². The average molecular weight is 293 g/mol. The van der Waals surface area contributed by atoms with Gasteiger partial charge in [0.15, 0.2) is 0 Å². The van der Waals surface area contributed by atoms with Crippen LogP contribution in [-0.4, -0.2) is 39.0 Å². The molecule has 0 radical (unpaired) electrons. The van der Waals surface area contributed by atoms with Gasteiger partial charge < -0.3 is 10.0 Å². The second kappa shape index (κ2) is 6.81. The number of hydrogen-bond acceptors (Lipinski definition) is 4. The molecule has 19 heavy (non-hydrogen) atoms. The molecule has 0 spiro atoms. The van der Waals surface area contributed by atoms with E-state index in [1.54, 1.807) is 0 Å². The molecule has 0 aliphatic heterocycles. The third kappa shape index (κ3) is 3.87. The number of nitrogens with zero attached hydrogens (tertiary/aromatic N) is 1. The lowest BCUT2D eigenvalue weighted by atomic mass is 10.2. The Labute approximate surface area is 111 Å². The summed E-state index contributed by atoms with van der Waals surface area (Å²) in [6.07, 6.45) is 0.858. The van der Waals surface area contributed by atoms with Gasteiger partial charge in [-0.2, -0.15) is 8.78 Å². The van der Waals surface area contributed by atoms with Gasteiger partial charge in [-0.15, -0.1) is 0 Å². The number of aliphatic hydroxyl groups is 1. The van der Waals surface area contributed by atoms with Crippen LogP contribution in [0.15, 0.2) is 29.2 Å². The molecule has 7 heteroatoms. The zero-order valence-corrected chi connectivity index (χ0v) is 11.4. The predicted molar refractivity (Wildman–Crippen MR) is 69.2 cm³/mol. The first-order valence-electron chi connectivity index (χ1n) is 5.91. The Kier molecular flexibility index (Phi) is 5.68. The minimum atomic E-state index is -4.55. The van der Waals surface area contributed by atoms with Crippen molar-refractivity contribution in [1.29, 1.82) is 0 Å². The molecule has 108 valence electrons. The van der Waals surface area contributed by atoms with Gasteiger partial charge in [-0.3, -0.25) is 0 Å². The van der Waals surface area contributed by atoms with Crippen LogP contribution in [0, 0.1) is 0 Å². The number of aliphatic hydroxyl groups excluding tert-OH is 1. The SMILES string of the molecule is CCCN(CCO)c1ccc(S(=O)(=O)C(F)F)cc1. The number of anilines is 1. The maximum atomic E-state index is 12.4. The van der Waals surface area contributed by atoms with Crippen LogP contribution in [0.1, 0.15) is 13.3 Å². The van der Waals surface area contributed by atoms with Gasteiger partial charge in [0.2, 0.25) is 9.84 Å². The smallest absolute Gasteiger partial charge is 0.341 e. The number of halogens is 2. The van der Waals surface area contributed by atoms with E-state index in [-0.39, 0.29) is 6.61 Å². The lowest BCUT2D eigenvalue weighted by molar-refractivity contribution is 0.234. The average Bonchev–Trinajstić information content (AvgIpc) is 2.38. The van der Waals surface area contributed by atoms with Crippen LogP contribution in [0.4, 0.5) is 14.5 Å². The van der Waals surface area contributed by atoms with Crippen molar-refractivity contribution in [2.45, 2.75) is 24.0 Å². The van der Waals surface area contributed by atoms with Crippen molar-refractivity contribution < 1.29 is 22.3 Å². The van der Waals surface area contributed by atoms with Crippen molar-refractivity contribution in [3.05, 3.63) is 24.3 Å². The van der Waals surface area contributed by atoms with Crippen LogP contribution in [0.25, 0.3) is 0 Å². The largest absolute Gasteiger partial charge is 0.395 e. The molecule has 1 aromatic carbocycles. The van der Waals surface area contributed by atoms with Crippen molar-refractivity contribution in [3.8, 4) is 0 Å². The summed E-state index contributed by atoms with van der Waals surface area (Å²) in [7, 11) is -4.55. The van der Waals surface area contributed by atoms with Gasteiger partial charge in [-0.1, -0.05) is 6.92 Å². The van der Waals surface area contributed by atoms with Crippen LogP contribution >= 0.6 is 0 Å². The van der Waals surface area contributed by atoms with Crippen LogP contribution < -0.4 is 4.90 Å². The first-order valence-corrected chi connectivity index (χ1v) is 7.46. The van der Waals surface area contributed by atoms with Crippen molar-refractivity contribution >= 4 is 15.5 Å². The number of hydrogen-bond donors (Lipinski definition) is 1. The van der Waals surface area contributed by atoms with Crippen LogP contribution in [-0.2, 0) is 9.84 Å². The number of sulfone groups is 1. The summed E-state index contributed by atoms with van der Waals surface area (Å²) in [4.78, 5) is 1.46. The lowest BCUT2D eigenvalue weighted by Crippen LogP contribution is -2.27. The first-order chi connectivity index (χ1) is 8.93. The van der Waals surface area contributed by atoms with E-state index >= 15 is 0 Å². The fraction of sp³-hybridized carbons (Fsp3) is 0.500. The van der Waals surface area contributed by atoms with Crippen LogP contribution in [0.5, 0.6) is 0 Å². The molecule has 0 amide bonds. The normalized spacial score (nSPS) is 11.8. The maximum absolute atomic E-state index is 12.4. The highest BCUT2D eigenvalue weighted by Gasteiger charge is 2.26. The fourth-order valence-corrected chi connectivity index (χ4v) is 2.43. The molecular formula is C12H17F2NO3S. The van der Waals surface area contributed by atoms with Gasteiger partial charge in [0.25, 0.3) is 0 Å². The van der Waals surface area contributed by atoms with Crippen molar-refractivity contribution in [2.75, 3.05) is 24.6 Å². The fourth-order valence-electron chi connectivity index (χ4n) is 1.71. The quantitative estimate of drug-likeness (QED) is 0.834. The predicted octanol–water partition coefficient (Wildman–Crippen LogP) is 1.89. The van der Waals surface area contributed by atoms with Crippen molar-refractivity contribution in [3.63, 3.8) is 0 Å². The summed E-state index contributed by atoms with van der Waals surface area (Å²) >= 11 is 0. The summed E-state index contributed by atoms with van der Waals surface area (Å²) in [6, 6.07) is 5.27. The van der Waals surface area contributed by atoms with E-state index in [1.807, 2.05) is 11.8 Å². The van der Waals surface area contributed by atoms with E-state index in [1.165, 1.54) is 12.1 Å². The maximum Gasteiger partial charge on any atom is 0.341 e. The topological polar surface area (TPSA) is 57.6 Å². The number of benzene rings is 1. The number of alkyl halides is 2. The molecule has 0 fully saturated rings. The Morgan fingerprint density at radius 1 is 1.21 bits per heavy atom. The first kappa shape index (κ1) is 15.8. The van der Waals surface area contributed by atoms with E-state index in [4.69, 9.17) is 5.11 Å². The summed E-state index contributed by atoms with van der Waals surface area (Å²) in [5, 5.41) is 8.94. The highest BCUT2D eigenvalue weighted by atomic mass is 32.2. The Hall–Kier alpha value is -1.21. The van der Waals surface area contributed by atoms with Gasteiger partial charge in [0, 0.05) is 18.8 Å². The second-order valence-electron chi connectivity index (χ2n) is 4.01. The molecule has 0 heterocycles. The van der Waals surface area contributed by atoms with Gasteiger partial charge in [0.1, 0.15) is 0 Å². The lowest BCUT2D eigenvalue weighted by Gasteiger charge is -2.23. The van der Waals surface area contributed by atoms with Crippen molar-refractivity contribution in [1.82, 2.24) is 0 Å². The van der Waals surface area contributed by atoms with Gasteiger partial charge in [-0.25, -0.2) is 8.42 Å². The van der Waals surface area contributed by atoms with Crippen LogP contribution in [0.2, 0.25) is 0 Å². The highest BCUT2D eigenvalue weighted by Crippen LogP contribution is 2.22. The highest BCUT2D eigenvalue weighted by molar-refractivity contribution is 7.91. The Bertz CT molecular complexity index is 482. The molecule has 0 unspecified atom stereocenters. The summed E-state index contributed by atoms with van der Waals surface area (Å²) in [5.41, 5.74) is 0.698. The van der Waals surface area contributed by atoms with Crippen LogP contribution in [0.3, 0.4) is 0 Å². The van der Waals surface area contributed by atoms with E-state index in [2.05, 4.69) is 0 Å². The molecule has 0 aliphatic carbocycles. The molecular weight excluding hydrogens is 276 g/mol. The number of rotatable bonds is 7. The molecule has 0 aromatic heterocycles. The molecule has 1 rings (SSSR count). The Morgan fingerprint density at radius 2 is 1.79 bits per heavy atom. The monoisotopic (exact) mass is 293 g/mol. The zero-order chi connectivity index (χ0) is 14.5. The summed E-state index contributed by atoms with van der Waals surface area (Å²) in [5.74, 6) is -3.41. The third-order valence-corrected chi connectivity index (χ3v) is 4.03. The molecule has 0 aliphatic rings. The molecule has 0 atom stereocenters. The van der Waals surface area contributed by atoms with Gasteiger partial charge in [0.05, 0.1) is 11.5 Å². The third-order valence-electron chi connectivity index (χ3n) is 2.63. The zero-order valence-electron chi connectivity index (χ0n) is 10.6. The molecule has 0 saturated heterocycles. The van der Waals surface area contributed by atoms with Gasteiger partial charge >= 0.3 is 5.76 Å². The second-order valence-corrected chi connectivity index (χ2v) is 5.93. The molecule has 0 saturated carbocycles. The Balaban J connectivity index is 2.98. The minimum Gasteiger partial charge on any atom is -0.395 e.